The van der Waals surface area contributed by atoms with Crippen LogP contribution in [0.5, 0.6) is 5.75 Å². The normalized spacial score (nSPS) is 21.6. The fourth-order valence-corrected chi connectivity index (χ4v) is 6.15. The number of benzene rings is 2. The minimum absolute atomic E-state index is 0.0772. The summed E-state index contributed by atoms with van der Waals surface area (Å²) in [4.78, 5) is 28.1. The molecular formula is C21H19N3O5S. The van der Waals surface area contributed by atoms with Gasteiger partial charge in [-0.05, 0) is 38.1 Å². The van der Waals surface area contributed by atoms with E-state index < -0.39 is 27.0 Å². The minimum atomic E-state index is -2.47. The van der Waals surface area contributed by atoms with E-state index in [2.05, 4.69) is 11.1 Å². The highest BCUT2D eigenvalue weighted by atomic mass is 32.3. The molecule has 3 atom stereocenters. The molecule has 0 aromatic heterocycles. The quantitative estimate of drug-likeness (QED) is 0.505. The number of nitrogens with zero attached hydrogens (tertiary/aromatic N) is 3. The Balaban J connectivity index is 2.20. The maximum absolute atomic E-state index is 12.1. The lowest BCUT2D eigenvalue weighted by Crippen LogP contribution is -2.21. The first kappa shape index (κ1) is 21.1. The molecule has 0 amide bonds. The van der Waals surface area contributed by atoms with Gasteiger partial charge in [-0.15, -0.1) is 10.0 Å². The van der Waals surface area contributed by atoms with Crippen molar-refractivity contribution in [1.82, 2.24) is 0 Å². The Morgan fingerprint density at radius 2 is 1.90 bits per heavy atom. The van der Waals surface area contributed by atoms with Crippen molar-refractivity contribution in [2.45, 2.75) is 29.7 Å². The maximum atomic E-state index is 12.1. The van der Waals surface area contributed by atoms with Crippen molar-refractivity contribution in [2.24, 2.45) is 10.9 Å². The van der Waals surface area contributed by atoms with E-state index in [1.165, 1.54) is 18.3 Å². The molecule has 0 bridgehead atoms. The number of aliphatic imine (C=N–C) groups is 1. The molecule has 1 aliphatic rings. The number of hydrogen-bond acceptors (Lipinski definition) is 6. The predicted molar refractivity (Wildman–Crippen MR) is 113 cm³/mol. The summed E-state index contributed by atoms with van der Waals surface area (Å²) < 4.78 is 6.06. The van der Waals surface area contributed by atoms with Crippen LogP contribution >= 0.6 is 10.0 Å². The zero-order valence-electron chi connectivity index (χ0n) is 16.3. The Morgan fingerprint density at radius 3 is 2.50 bits per heavy atom. The Labute approximate surface area is 174 Å². The second kappa shape index (κ2) is 8.39. The van der Waals surface area contributed by atoms with Gasteiger partial charge in [0.1, 0.15) is 16.8 Å². The number of hydrogen-bond donors (Lipinski definition) is 1. The van der Waals surface area contributed by atoms with E-state index in [1.807, 2.05) is 0 Å². The second-order valence-electron chi connectivity index (χ2n) is 6.65. The molecule has 8 nitrogen and oxygen atoms in total. The van der Waals surface area contributed by atoms with Crippen molar-refractivity contribution in [3.63, 3.8) is 0 Å². The highest BCUT2D eigenvalue weighted by Gasteiger charge is 2.40. The summed E-state index contributed by atoms with van der Waals surface area (Å²) in [6.07, 6.45) is 0.872. The lowest BCUT2D eigenvalue weighted by Gasteiger charge is -2.36. The van der Waals surface area contributed by atoms with Crippen LogP contribution in [0.1, 0.15) is 13.8 Å². The highest BCUT2D eigenvalue weighted by Crippen LogP contribution is 2.70. The molecule has 30 heavy (non-hydrogen) atoms. The van der Waals surface area contributed by atoms with Gasteiger partial charge in [0, 0.05) is 28.1 Å². The third-order valence-electron chi connectivity index (χ3n) is 4.80. The van der Waals surface area contributed by atoms with Gasteiger partial charge in [0.15, 0.2) is 0 Å². The van der Waals surface area contributed by atoms with Gasteiger partial charge in [-0.2, -0.15) is 5.26 Å². The number of carboxylic acid groups (broad SMARTS) is 1. The van der Waals surface area contributed by atoms with E-state index in [1.54, 1.807) is 55.8 Å². The zero-order chi connectivity index (χ0) is 21.9. The summed E-state index contributed by atoms with van der Waals surface area (Å²) in [5, 5.41) is 30.1. The average molecular weight is 425 g/mol. The lowest BCUT2D eigenvalue weighted by molar-refractivity contribution is -0.384. The first-order valence-electron chi connectivity index (χ1n) is 9.01. The average Bonchev–Trinajstić information content (AvgIpc) is 3.19. The van der Waals surface area contributed by atoms with Gasteiger partial charge in [0.2, 0.25) is 0 Å². The van der Waals surface area contributed by atoms with Crippen LogP contribution in [0.2, 0.25) is 0 Å². The summed E-state index contributed by atoms with van der Waals surface area (Å²) in [6, 6.07) is 15.0. The molecule has 3 unspecified atom stereocenters. The van der Waals surface area contributed by atoms with Gasteiger partial charge in [0.25, 0.3) is 5.69 Å². The van der Waals surface area contributed by atoms with Crippen molar-refractivity contribution in [2.75, 3.05) is 0 Å². The largest absolute Gasteiger partial charge is 0.488 e. The van der Waals surface area contributed by atoms with Crippen LogP contribution in [0.4, 0.5) is 5.69 Å². The monoisotopic (exact) mass is 425 g/mol. The Morgan fingerprint density at radius 1 is 1.23 bits per heavy atom. The number of aliphatic carboxylic acids is 1. The van der Waals surface area contributed by atoms with Crippen molar-refractivity contribution in [1.29, 1.82) is 5.26 Å². The number of ether oxygens (including phenoxy) is 1. The molecule has 1 N–H and O–H groups in total. The maximum Gasteiger partial charge on any atom is 0.343 e. The fraction of sp³-hybridized carbons (Fsp3) is 0.190. The van der Waals surface area contributed by atoms with Crippen LogP contribution in [0.15, 0.2) is 74.4 Å². The molecule has 1 heterocycles. The number of nitro groups is 1. The summed E-state index contributed by atoms with van der Waals surface area (Å²) >= 11 is 0. The van der Waals surface area contributed by atoms with Crippen LogP contribution in [0.25, 0.3) is 0 Å². The first-order chi connectivity index (χ1) is 14.3. The molecule has 0 saturated carbocycles. The summed E-state index contributed by atoms with van der Waals surface area (Å²) in [5.74, 6) is -1.06. The number of nitriles is 1. The summed E-state index contributed by atoms with van der Waals surface area (Å²) in [6.45, 7) is 3.51. The minimum Gasteiger partial charge on any atom is -0.488 e. The Kier molecular flexibility index (Phi) is 5.89. The van der Waals surface area contributed by atoms with Crippen LogP contribution in [-0.4, -0.2) is 27.6 Å². The molecule has 2 aromatic rings. The molecule has 0 spiro atoms. The Bertz CT molecular complexity index is 1090. The molecule has 0 aliphatic carbocycles. The number of carboxylic acids is 1. The molecule has 1 aliphatic heterocycles. The molecule has 2 aromatic carbocycles. The predicted octanol–water partition coefficient (Wildman–Crippen LogP) is 4.71. The molecule has 0 fully saturated rings. The topological polar surface area (TPSA) is 126 Å². The first-order valence-corrected chi connectivity index (χ1v) is 10.7. The van der Waals surface area contributed by atoms with Gasteiger partial charge >= 0.3 is 5.97 Å². The van der Waals surface area contributed by atoms with E-state index >= 15 is 0 Å². The van der Waals surface area contributed by atoms with Gasteiger partial charge in [0.05, 0.1) is 22.5 Å². The number of non-ortho nitro benzene ring substituents is 1. The molecule has 3 rings (SSSR count). The van der Waals surface area contributed by atoms with Gasteiger partial charge in [-0.25, -0.2) is 4.79 Å². The van der Waals surface area contributed by atoms with Crippen molar-refractivity contribution in [3.05, 3.63) is 69.8 Å². The second-order valence-corrected chi connectivity index (χ2v) is 9.53. The number of rotatable bonds is 7. The molecule has 9 heteroatoms. The lowest BCUT2D eigenvalue weighted by atomic mass is 10.1. The van der Waals surface area contributed by atoms with Crippen molar-refractivity contribution >= 4 is 27.2 Å². The summed E-state index contributed by atoms with van der Waals surface area (Å²) in [5.41, 5.74) is 1.49. The molecule has 0 radical (unpaired) electrons. The van der Waals surface area contributed by atoms with Crippen LogP contribution in [-0.2, 0) is 4.79 Å². The van der Waals surface area contributed by atoms with Crippen molar-refractivity contribution in [3.8, 4) is 11.8 Å². The SMILES string of the molecule is CC(C#N)C(C)Oc1ccccc1S1(c2ccc([N+](=O)[O-])cc2)C=NC=C1C(=O)O. The number of nitro benzene ring substituents is 1. The highest BCUT2D eigenvalue weighted by molar-refractivity contribution is 8.47. The number of carbonyl (C=O) groups is 1. The number of para-hydroxylation sites is 1. The van der Waals surface area contributed by atoms with Crippen molar-refractivity contribution < 1.29 is 19.6 Å². The van der Waals surface area contributed by atoms with Crippen LogP contribution in [0, 0.1) is 27.4 Å². The van der Waals surface area contributed by atoms with Gasteiger partial charge in [-0.3, -0.25) is 15.1 Å². The van der Waals surface area contributed by atoms with E-state index in [0.717, 1.165) is 0 Å². The molecule has 0 saturated heterocycles. The Hall–Kier alpha value is -3.64. The zero-order valence-corrected chi connectivity index (χ0v) is 17.1. The van der Waals surface area contributed by atoms with E-state index in [4.69, 9.17) is 4.74 Å². The fourth-order valence-electron chi connectivity index (χ4n) is 3.02. The smallest absolute Gasteiger partial charge is 0.343 e. The van der Waals surface area contributed by atoms with Gasteiger partial charge < -0.3 is 9.84 Å². The van der Waals surface area contributed by atoms with Crippen LogP contribution < -0.4 is 4.74 Å². The molecule has 154 valence electrons. The third-order valence-corrected chi connectivity index (χ3v) is 8.26. The van der Waals surface area contributed by atoms with E-state index in [0.29, 0.717) is 15.5 Å². The van der Waals surface area contributed by atoms with E-state index in [9.17, 15) is 25.3 Å². The van der Waals surface area contributed by atoms with E-state index in [-0.39, 0.29) is 16.5 Å². The van der Waals surface area contributed by atoms with Gasteiger partial charge in [-0.1, -0.05) is 12.1 Å². The molecular weight excluding hydrogens is 406 g/mol. The standard InChI is InChI=1S/C21H19N3O5S/c1-14(11-22)15(2)29-18-5-3-4-6-19(18)30(13-23-12-20(30)21(25)26)17-9-7-16(8-10-17)24(27)28/h3-10,12-15H,1-2H3,(H,25,26). The van der Waals surface area contributed by atoms with Crippen LogP contribution in [0.3, 0.4) is 0 Å². The third kappa shape index (κ3) is 3.65. The summed E-state index contributed by atoms with van der Waals surface area (Å²) in [7, 11) is -2.47.